The third-order valence-electron chi connectivity index (χ3n) is 8.00. The largest absolute Gasteiger partial charge is 0.465 e. The van der Waals surface area contributed by atoms with Crippen molar-refractivity contribution in [3.05, 3.63) is 24.3 Å². The van der Waals surface area contributed by atoms with Crippen molar-refractivity contribution < 1.29 is 29.0 Å². The van der Waals surface area contributed by atoms with Crippen molar-refractivity contribution in [2.45, 2.75) is 76.7 Å². The monoisotopic (exact) mass is 474 g/mol. The fourth-order valence-corrected chi connectivity index (χ4v) is 5.96. The van der Waals surface area contributed by atoms with E-state index in [1.54, 1.807) is 9.80 Å². The smallest absolute Gasteiger partial charge is 0.312 e. The summed E-state index contributed by atoms with van der Waals surface area (Å²) in [6.45, 7) is 7.09. The second kappa shape index (κ2) is 10.2. The van der Waals surface area contributed by atoms with Gasteiger partial charge in [0, 0.05) is 13.1 Å². The second-order valence-electron chi connectivity index (χ2n) is 10.0. The summed E-state index contributed by atoms with van der Waals surface area (Å²) < 4.78 is 12.1. The van der Waals surface area contributed by atoms with Crippen molar-refractivity contribution >= 4 is 17.8 Å². The first-order valence-electron chi connectivity index (χ1n) is 12.8. The highest BCUT2D eigenvalue weighted by Gasteiger charge is 2.72. The van der Waals surface area contributed by atoms with E-state index < -0.39 is 41.6 Å². The van der Waals surface area contributed by atoms with Crippen molar-refractivity contribution in [1.82, 2.24) is 9.80 Å². The minimum Gasteiger partial charge on any atom is -0.465 e. The number of hydrogen-bond donors (Lipinski definition) is 1. The van der Waals surface area contributed by atoms with Crippen LogP contribution in [-0.2, 0) is 23.9 Å². The lowest BCUT2D eigenvalue weighted by atomic mass is 9.78. The van der Waals surface area contributed by atoms with Gasteiger partial charge in [0.25, 0.3) is 0 Å². The van der Waals surface area contributed by atoms with E-state index in [-0.39, 0.29) is 24.3 Å². The van der Waals surface area contributed by atoms with Crippen molar-refractivity contribution in [3.8, 4) is 0 Å². The molecule has 7 atom stereocenters. The first-order valence-corrected chi connectivity index (χ1v) is 12.8. The number of carbonyl (C=O) groups is 3. The molecule has 188 valence electrons. The van der Waals surface area contributed by atoms with Gasteiger partial charge >= 0.3 is 5.97 Å². The molecule has 2 fully saturated rings. The van der Waals surface area contributed by atoms with Crippen LogP contribution in [0.1, 0.15) is 52.9 Å². The lowest BCUT2D eigenvalue weighted by Gasteiger charge is -2.40. The van der Waals surface area contributed by atoms with Crippen molar-refractivity contribution in [2.75, 3.05) is 26.3 Å². The van der Waals surface area contributed by atoms with Gasteiger partial charge in [-0.3, -0.25) is 14.4 Å². The van der Waals surface area contributed by atoms with Crippen molar-refractivity contribution in [1.29, 1.82) is 0 Å². The third kappa shape index (κ3) is 3.98. The van der Waals surface area contributed by atoms with Crippen LogP contribution in [0.25, 0.3) is 0 Å². The molecule has 4 aliphatic rings. The Morgan fingerprint density at radius 1 is 1.21 bits per heavy atom. The number of esters is 1. The van der Waals surface area contributed by atoms with E-state index in [1.165, 1.54) is 0 Å². The summed E-state index contributed by atoms with van der Waals surface area (Å²) >= 11 is 0. The molecule has 0 aromatic carbocycles. The maximum absolute atomic E-state index is 14.1. The molecule has 1 N–H and O–H groups in total. The maximum Gasteiger partial charge on any atom is 0.312 e. The SMILES string of the molecule is CCCCN1CC=C[C@]23O[C@H]4/C=C\CCCOC(=O)[C@H]4[C@H]2C(=O)N([C@@H](CO)[C@@H](C)CC)C3C1=O. The van der Waals surface area contributed by atoms with Gasteiger partial charge in [-0.1, -0.05) is 57.9 Å². The molecule has 0 bridgehead atoms. The van der Waals surface area contributed by atoms with Gasteiger partial charge in [0.2, 0.25) is 11.8 Å². The van der Waals surface area contributed by atoms with E-state index >= 15 is 0 Å². The number of cyclic esters (lactones) is 1. The molecule has 0 aromatic heterocycles. The lowest BCUT2D eigenvalue weighted by Crippen LogP contribution is -2.59. The molecule has 8 nitrogen and oxygen atoms in total. The van der Waals surface area contributed by atoms with Gasteiger partial charge in [-0.25, -0.2) is 0 Å². The molecule has 0 radical (unpaired) electrons. The highest BCUT2D eigenvalue weighted by Crippen LogP contribution is 2.54. The Hall–Kier alpha value is -2.19. The average molecular weight is 475 g/mol. The number of nitrogens with zero attached hydrogens (tertiary/aromatic N) is 2. The maximum atomic E-state index is 14.1. The number of aliphatic hydroxyl groups is 1. The number of carbonyl (C=O) groups excluding carboxylic acids is 3. The molecule has 1 spiro atoms. The minimum atomic E-state index is -1.27. The highest BCUT2D eigenvalue weighted by molar-refractivity contribution is 5.99. The Bertz CT molecular complexity index is 856. The summed E-state index contributed by atoms with van der Waals surface area (Å²) in [4.78, 5) is 44.7. The Kier molecular flexibility index (Phi) is 7.48. The summed E-state index contributed by atoms with van der Waals surface area (Å²) in [5.74, 6) is -2.68. The normalized spacial score (nSPS) is 35.9. The fourth-order valence-electron chi connectivity index (χ4n) is 5.96. The van der Waals surface area contributed by atoms with Gasteiger partial charge in [-0.2, -0.15) is 0 Å². The molecular formula is C26H38N2O6. The second-order valence-corrected chi connectivity index (χ2v) is 10.0. The number of allylic oxidation sites excluding steroid dienone is 1. The predicted molar refractivity (Wildman–Crippen MR) is 126 cm³/mol. The zero-order valence-corrected chi connectivity index (χ0v) is 20.5. The first-order chi connectivity index (χ1) is 16.4. The molecule has 4 aliphatic heterocycles. The number of unbranched alkanes of at least 4 members (excludes halogenated alkanes) is 1. The van der Waals surface area contributed by atoms with E-state index in [4.69, 9.17) is 9.47 Å². The van der Waals surface area contributed by atoms with E-state index in [9.17, 15) is 19.5 Å². The first kappa shape index (κ1) is 24.9. The van der Waals surface area contributed by atoms with Crippen LogP contribution in [0.5, 0.6) is 0 Å². The fraction of sp³-hybridized carbons (Fsp3) is 0.731. The zero-order valence-electron chi connectivity index (χ0n) is 20.5. The Labute approximate surface area is 201 Å². The summed E-state index contributed by atoms with van der Waals surface area (Å²) in [5.41, 5.74) is -1.27. The quantitative estimate of drug-likeness (QED) is 0.448. The minimum absolute atomic E-state index is 0.0304. The van der Waals surface area contributed by atoms with Crippen LogP contribution < -0.4 is 0 Å². The molecule has 34 heavy (non-hydrogen) atoms. The number of aliphatic hydroxyl groups excluding tert-OH is 1. The van der Waals surface area contributed by atoms with E-state index in [0.717, 1.165) is 25.7 Å². The van der Waals surface area contributed by atoms with Crippen LogP contribution in [0.4, 0.5) is 0 Å². The van der Waals surface area contributed by atoms with Gasteiger partial charge in [0.15, 0.2) is 0 Å². The van der Waals surface area contributed by atoms with Gasteiger partial charge in [-0.05, 0) is 25.2 Å². The summed E-state index contributed by atoms with van der Waals surface area (Å²) in [5, 5.41) is 10.3. The Morgan fingerprint density at radius 3 is 2.71 bits per heavy atom. The number of hydrogen-bond acceptors (Lipinski definition) is 6. The molecule has 8 heteroatoms. The van der Waals surface area contributed by atoms with Crippen LogP contribution in [0, 0.1) is 17.8 Å². The molecule has 1 unspecified atom stereocenters. The Morgan fingerprint density at radius 2 is 2.00 bits per heavy atom. The summed E-state index contributed by atoms with van der Waals surface area (Å²) in [6.07, 6.45) is 10.9. The van der Waals surface area contributed by atoms with Crippen LogP contribution in [-0.4, -0.2) is 82.8 Å². The van der Waals surface area contributed by atoms with Crippen LogP contribution in [0.3, 0.4) is 0 Å². The van der Waals surface area contributed by atoms with Gasteiger partial charge in [0.05, 0.1) is 31.3 Å². The predicted octanol–water partition coefficient (Wildman–Crippen LogP) is 2.07. The van der Waals surface area contributed by atoms with E-state index in [2.05, 4.69) is 6.92 Å². The number of rotatable bonds is 7. The van der Waals surface area contributed by atoms with E-state index in [1.807, 2.05) is 38.2 Å². The van der Waals surface area contributed by atoms with Crippen molar-refractivity contribution in [2.24, 2.45) is 17.8 Å². The molecule has 2 saturated heterocycles. The van der Waals surface area contributed by atoms with Gasteiger partial charge < -0.3 is 24.4 Å². The number of fused-ring (bicyclic) bond motifs is 2. The zero-order chi connectivity index (χ0) is 24.5. The molecule has 0 aromatic rings. The van der Waals surface area contributed by atoms with Crippen LogP contribution in [0.15, 0.2) is 24.3 Å². The van der Waals surface area contributed by atoms with Gasteiger partial charge in [0.1, 0.15) is 17.6 Å². The summed E-state index contributed by atoms with van der Waals surface area (Å²) in [6, 6.07) is -1.47. The number of ether oxygens (including phenoxy) is 2. The molecule has 0 saturated carbocycles. The summed E-state index contributed by atoms with van der Waals surface area (Å²) in [7, 11) is 0. The van der Waals surface area contributed by atoms with Crippen molar-refractivity contribution in [3.63, 3.8) is 0 Å². The Balaban J connectivity index is 1.84. The molecule has 2 amide bonds. The molecule has 4 rings (SSSR count). The number of likely N-dealkylation sites (tertiary alicyclic amines) is 1. The lowest BCUT2D eigenvalue weighted by molar-refractivity contribution is -0.157. The van der Waals surface area contributed by atoms with Crippen LogP contribution in [0.2, 0.25) is 0 Å². The third-order valence-corrected chi connectivity index (χ3v) is 8.00. The number of amides is 2. The molecule has 0 aliphatic carbocycles. The van der Waals surface area contributed by atoms with Crippen LogP contribution >= 0.6 is 0 Å². The van der Waals surface area contributed by atoms with E-state index in [0.29, 0.717) is 26.1 Å². The standard InChI is InChI=1S/C26H38N2O6/c1-4-6-13-27-14-10-12-26-21(20-19(34-26)11-8-7-9-15-33-25(20)32)23(30)28(22(26)24(27)31)18(16-29)17(3)5-2/h8,10-12,17-22,29H,4-7,9,13-16H2,1-3H3/b11-8-/t17-,18-,19-,20+,21-,22?,26-/m0/s1. The molecule has 4 heterocycles. The van der Waals surface area contributed by atoms with Gasteiger partial charge in [-0.15, -0.1) is 0 Å². The average Bonchev–Trinajstić information content (AvgIpc) is 3.24. The highest BCUT2D eigenvalue weighted by atomic mass is 16.6. The molecular weight excluding hydrogens is 436 g/mol. The topological polar surface area (TPSA) is 96.4 Å².